The van der Waals surface area contributed by atoms with Gasteiger partial charge in [-0.05, 0) is 42.9 Å². The van der Waals surface area contributed by atoms with E-state index in [1.807, 2.05) is 30.8 Å². The fourth-order valence-electron chi connectivity index (χ4n) is 2.42. The summed E-state index contributed by atoms with van der Waals surface area (Å²) in [7, 11) is 0. The third kappa shape index (κ3) is 2.24. The standard InChI is InChI=1S/C13H16ClN3S/c1-9-2-3-11-13(15-9)17(12(6-14)16-11)7-10-4-5-18-8-10/h2-3,10H,4-8H2,1H3. The number of hydrogen-bond donors (Lipinski definition) is 0. The van der Waals surface area contributed by atoms with E-state index in [0.717, 1.165) is 35.1 Å². The Balaban J connectivity index is 2.03. The molecule has 0 aromatic carbocycles. The van der Waals surface area contributed by atoms with E-state index in [-0.39, 0.29) is 0 Å². The second kappa shape index (κ2) is 5.10. The Labute approximate surface area is 116 Å². The van der Waals surface area contributed by atoms with Gasteiger partial charge in [-0.15, -0.1) is 11.6 Å². The van der Waals surface area contributed by atoms with Crippen molar-refractivity contribution in [1.29, 1.82) is 0 Å². The number of fused-ring (bicyclic) bond motifs is 1. The first-order chi connectivity index (χ1) is 8.78. The van der Waals surface area contributed by atoms with Crippen molar-refractivity contribution in [2.75, 3.05) is 11.5 Å². The van der Waals surface area contributed by atoms with Crippen LogP contribution in [-0.4, -0.2) is 26.0 Å². The molecule has 3 nitrogen and oxygen atoms in total. The Hall–Kier alpha value is -0.740. The molecule has 0 saturated carbocycles. The van der Waals surface area contributed by atoms with E-state index in [9.17, 15) is 0 Å². The maximum absolute atomic E-state index is 6.01. The molecule has 0 amide bonds. The molecule has 2 aromatic rings. The van der Waals surface area contributed by atoms with E-state index in [2.05, 4.69) is 14.5 Å². The molecule has 2 aromatic heterocycles. The number of halogens is 1. The van der Waals surface area contributed by atoms with Crippen LogP contribution in [-0.2, 0) is 12.4 Å². The van der Waals surface area contributed by atoms with Crippen LogP contribution >= 0.6 is 23.4 Å². The van der Waals surface area contributed by atoms with Crippen LogP contribution in [0, 0.1) is 12.8 Å². The first-order valence-corrected chi connectivity index (χ1v) is 7.93. The lowest BCUT2D eigenvalue weighted by Crippen LogP contribution is -2.12. The Morgan fingerprint density at radius 2 is 2.33 bits per heavy atom. The summed E-state index contributed by atoms with van der Waals surface area (Å²) < 4.78 is 2.21. The molecule has 18 heavy (non-hydrogen) atoms. The van der Waals surface area contributed by atoms with Crippen molar-refractivity contribution in [2.45, 2.75) is 25.8 Å². The van der Waals surface area contributed by atoms with Crippen molar-refractivity contribution in [1.82, 2.24) is 14.5 Å². The van der Waals surface area contributed by atoms with Crippen molar-refractivity contribution in [2.24, 2.45) is 5.92 Å². The Morgan fingerprint density at radius 1 is 1.44 bits per heavy atom. The van der Waals surface area contributed by atoms with Gasteiger partial charge in [0, 0.05) is 12.2 Å². The predicted octanol–water partition coefficient (Wildman–Crippen LogP) is 3.23. The lowest BCUT2D eigenvalue weighted by molar-refractivity contribution is 0.491. The summed E-state index contributed by atoms with van der Waals surface area (Å²) in [6, 6.07) is 4.04. The van der Waals surface area contributed by atoms with Crippen LogP contribution in [0.25, 0.3) is 11.2 Å². The lowest BCUT2D eigenvalue weighted by atomic mass is 10.1. The zero-order valence-electron chi connectivity index (χ0n) is 10.4. The van der Waals surface area contributed by atoms with Gasteiger partial charge in [0.2, 0.25) is 0 Å². The van der Waals surface area contributed by atoms with Crippen LogP contribution in [0.15, 0.2) is 12.1 Å². The molecule has 3 rings (SSSR count). The molecule has 1 unspecified atom stereocenters. The van der Waals surface area contributed by atoms with E-state index in [4.69, 9.17) is 11.6 Å². The number of nitrogens with zero attached hydrogens (tertiary/aromatic N) is 3. The van der Waals surface area contributed by atoms with Gasteiger partial charge in [-0.1, -0.05) is 0 Å². The smallest absolute Gasteiger partial charge is 0.160 e. The van der Waals surface area contributed by atoms with Gasteiger partial charge >= 0.3 is 0 Å². The van der Waals surface area contributed by atoms with Gasteiger partial charge in [0.25, 0.3) is 0 Å². The highest BCUT2D eigenvalue weighted by Crippen LogP contribution is 2.27. The first-order valence-electron chi connectivity index (χ1n) is 6.24. The van der Waals surface area contributed by atoms with Gasteiger partial charge in [-0.3, -0.25) is 0 Å². The fraction of sp³-hybridized carbons (Fsp3) is 0.538. The number of hydrogen-bond acceptors (Lipinski definition) is 3. The van der Waals surface area contributed by atoms with Gasteiger partial charge < -0.3 is 4.57 Å². The summed E-state index contributed by atoms with van der Waals surface area (Å²) >= 11 is 8.05. The zero-order valence-corrected chi connectivity index (χ0v) is 12.0. The molecular formula is C13H16ClN3S. The fourth-order valence-corrected chi connectivity index (χ4v) is 3.90. The average Bonchev–Trinajstić information content (AvgIpc) is 2.98. The zero-order chi connectivity index (χ0) is 12.5. The summed E-state index contributed by atoms with van der Waals surface area (Å²) in [5.41, 5.74) is 2.98. The van der Waals surface area contributed by atoms with E-state index < -0.39 is 0 Å². The highest BCUT2D eigenvalue weighted by molar-refractivity contribution is 7.99. The molecule has 0 radical (unpaired) electrons. The van der Waals surface area contributed by atoms with Crippen LogP contribution in [0.5, 0.6) is 0 Å². The second-order valence-corrected chi connectivity index (χ2v) is 6.21. The van der Waals surface area contributed by atoms with Crippen molar-refractivity contribution < 1.29 is 0 Å². The highest BCUT2D eigenvalue weighted by atomic mass is 35.5. The minimum atomic E-state index is 0.454. The van der Waals surface area contributed by atoms with Crippen molar-refractivity contribution in [3.05, 3.63) is 23.7 Å². The van der Waals surface area contributed by atoms with E-state index in [0.29, 0.717) is 5.88 Å². The average molecular weight is 282 g/mol. The predicted molar refractivity (Wildman–Crippen MR) is 77.3 cm³/mol. The van der Waals surface area contributed by atoms with Crippen LogP contribution in [0.1, 0.15) is 17.9 Å². The van der Waals surface area contributed by atoms with Crippen LogP contribution in [0.4, 0.5) is 0 Å². The number of rotatable bonds is 3. The minimum Gasteiger partial charge on any atom is -0.311 e. The molecule has 0 spiro atoms. The Bertz CT molecular complexity index is 561. The number of aromatic nitrogens is 3. The normalized spacial score (nSPS) is 19.8. The minimum absolute atomic E-state index is 0.454. The highest BCUT2D eigenvalue weighted by Gasteiger charge is 2.19. The molecule has 1 fully saturated rings. The maximum atomic E-state index is 6.01. The number of aryl methyl sites for hydroxylation is 1. The van der Waals surface area contributed by atoms with Gasteiger partial charge in [-0.2, -0.15) is 11.8 Å². The van der Waals surface area contributed by atoms with Crippen molar-refractivity contribution in [3.8, 4) is 0 Å². The second-order valence-electron chi connectivity index (χ2n) is 4.80. The van der Waals surface area contributed by atoms with Crippen molar-refractivity contribution >= 4 is 34.5 Å². The quantitative estimate of drug-likeness (QED) is 0.810. The topological polar surface area (TPSA) is 30.7 Å². The number of alkyl halides is 1. The third-order valence-corrected chi connectivity index (χ3v) is 4.87. The summed E-state index contributed by atoms with van der Waals surface area (Å²) in [6.45, 7) is 3.02. The molecule has 0 bridgehead atoms. The molecule has 1 saturated heterocycles. The van der Waals surface area contributed by atoms with Crippen LogP contribution in [0.2, 0.25) is 0 Å². The summed E-state index contributed by atoms with van der Waals surface area (Å²) in [6.07, 6.45) is 1.29. The largest absolute Gasteiger partial charge is 0.311 e. The molecule has 96 valence electrons. The lowest BCUT2D eigenvalue weighted by Gasteiger charge is -2.12. The van der Waals surface area contributed by atoms with Gasteiger partial charge in [0.05, 0.1) is 5.88 Å². The molecule has 5 heteroatoms. The van der Waals surface area contributed by atoms with Gasteiger partial charge in [0.15, 0.2) is 5.65 Å². The van der Waals surface area contributed by atoms with Crippen LogP contribution < -0.4 is 0 Å². The van der Waals surface area contributed by atoms with E-state index in [1.165, 1.54) is 17.9 Å². The number of imidazole rings is 1. The molecule has 1 aliphatic heterocycles. The SMILES string of the molecule is Cc1ccc2nc(CCl)n(CC3CCSC3)c2n1. The number of pyridine rings is 1. The summed E-state index contributed by atoms with van der Waals surface area (Å²) in [4.78, 5) is 9.20. The maximum Gasteiger partial charge on any atom is 0.160 e. The molecular weight excluding hydrogens is 266 g/mol. The molecule has 0 aliphatic carbocycles. The third-order valence-electron chi connectivity index (χ3n) is 3.39. The first kappa shape index (κ1) is 12.3. The Kier molecular flexibility index (Phi) is 3.48. The molecule has 1 aliphatic rings. The molecule has 0 N–H and O–H groups in total. The van der Waals surface area contributed by atoms with Crippen molar-refractivity contribution in [3.63, 3.8) is 0 Å². The van der Waals surface area contributed by atoms with Crippen LogP contribution in [0.3, 0.4) is 0 Å². The van der Waals surface area contributed by atoms with E-state index in [1.54, 1.807) is 0 Å². The van der Waals surface area contributed by atoms with Gasteiger partial charge in [-0.25, -0.2) is 9.97 Å². The molecule has 3 heterocycles. The number of thioether (sulfide) groups is 1. The Morgan fingerprint density at radius 3 is 3.06 bits per heavy atom. The molecule has 1 atom stereocenters. The van der Waals surface area contributed by atoms with E-state index >= 15 is 0 Å². The van der Waals surface area contributed by atoms with Gasteiger partial charge in [0.1, 0.15) is 11.3 Å². The summed E-state index contributed by atoms with van der Waals surface area (Å²) in [5.74, 6) is 4.65. The summed E-state index contributed by atoms with van der Waals surface area (Å²) in [5, 5.41) is 0. The monoisotopic (exact) mass is 281 g/mol.